The molecule has 1 aliphatic rings. The fourth-order valence-corrected chi connectivity index (χ4v) is 3.42. The van der Waals surface area contributed by atoms with Gasteiger partial charge < -0.3 is 14.0 Å². The molecule has 9 heteroatoms. The van der Waals surface area contributed by atoms with Crippen LogP contribution < -0.4 is 4.74 Å². The molecule has 5 rings (SSSR count). The molecule has 1 aliphatic heterocycles. The predicted molar refractivity (Wildman–Crippen MR) is 104 cm³/mol. The van der Waals surface area contributed by atoms with Gasteiger partial charge in [0.25, 0.3) is 5.89 Å². The first-order valence-electron chi connectivity index (χ1n) is 9.58. The summed E-state index contributed by atoms with van der Waals surface area (Å²) in [6.45, 7) is 3.19. The minimum absolute atomic E-state index is 0.232. The normalized spacial score (nSPS) is 15.7. The number of aromatic nitrogens is 5. The predicted octanol–water partition coefficient (Wildman–Crippen LogP) is 3.80. The number of rotatable bonds is 5. The minimum atomic E-state index is -0.281. The van der Waals surface area contributed by atoms with Gasteiger partial charge in [-0.05, 0) is 36.8 Å². The molecule has 4 aromatic rings. The maximum Gasteiger partial charge on any atom is 0.280 e. The van der Waals surface area contributed by atoms with E-state index >= 15 is 0 Å². The maximum atomic E-state index is 13.2. The zero-order chi connectivity index (χ0) is 20.5. The van der Waals surface area contributed by atoms with Crippen LogP contribution in [-0.4, -0.2) is 31.7 Å². The number of hydrogen-bond donors (Lipinski definition) is 0. The largest absolute Gasteiger partial charge is 0.493 e. The van der Waals surface area contributed by atoms with E-state index in [0.29, 0.717) is 30.4 Å². The number of halogens is 1. The summed E-state index contributed by atoms with van der Waals surface area (Å²) in [6, 6.07) is 13.8. The van der Waals surface area contributed by atoms with E-state index < -0.39 is 0 Å². The van der Waals surface area contributed by atoms with Gasteiger partial charge in [0.2, 0.25) is 5.82 Å². The van der Waals surface area contributed by atoms with Crippen LogP contribution in [0.25, 0.3) is 23.0 Å². The van der Waals surface area contributed by atoms with E-state index in [2.05, 4.69) is 20.5 Å². The molecule has 8 nitrogen and oxygen atoms in total. The number of hydrogen-bond acceptors (Lipinski definition) is 7. The van der Waals surface area contributed by atoms with E-state index in [1.54, 1.807) is 16.8 Å². The SMILES string of the molecule is CCOc1ccccc1-c1noc(-c2nnn3c2COC(c2ccc(F)cc2)C3)n1. The molecule has 30 heavy (non-hydrogen) atoms. The summed E-state index contributed by atoms with van der Waals surface area (Å²) in [7, 11) is 0. The molecule has 0 bridgehead atoms. The summed E-state index contributed by atoms with van der Waals surface area (Å²) in [5.41, 5.74) is 2.86. The number of benzene rings is 2. The lowest BCUT2D eigenvalue weighted by molar-refractivity contribution is -0.00120. The van der Waals surface area contributed by atoms with E-state index in [1.807, 2.05) is 31.2 Å². The molecule has 0 radical (unpaired) electrons. The van der Waals surface area contributed by atoms with Gasteiger partial charge in [0.05, 0.1) is 31.0 Å². The summed E-state index contributed by atoms with van der Waals surface area (Å²) in [4.78, 5) is 4.49. The number of nitrogens with zero attached hydrogens (tertiary/aromatic N) is 5. The van der Waals surface area contributed by atoms with Crippen LogP contribution in [0.15, 0.2) is 53.1 Å². The van der Waals surface area contributed by atoms with Crippen LogP contribution in [0.2, 0.25) is 0 Å². The van der Waals surface area contributed by atoms with Crippen molar-refractivity contribution in [1.29, 1.82) is 0 Å². The highest BCUT2D eigenvalue weighted by Crippen LogP contribution is 2.32. The van der Waals surface area contributed by atoms with Gasteiger partial charge in [0.15, 0.2) is 5.69 Å². The smallest absolute Gasteiger partial charge is 0.280 e. The van der Waals surface area contributed by atoms with Crippen molar-refractivity contribution >= 4 is 0 Å². The highest BCUT2D eigenvalue weighted by Gasteiger charge is 2.28. The molecule has 2 aromatic heterocycles. The molecule has 0 saturated carbocycles. The van der Waals surface area contributed by atoms with Crippen LogP contribution in [0.1, 0.15) is 24.3 Å². The standard InChI is InChI=1S/C21H18FN5O3/c1-2-28-17-6-4-3-5-15(17)20-23-21(30-25-20)19-16-12-29-18(11-27(16)26-24-19)13-7-9-14(22)10-8-13/h3-10,18H,2,11-12H2,1H3. The Bertz CT molecular complexity index is 1170. The molecule has 0 N–H and O–H groups in total. The Hall–Kier alpha value is -3.59. The molecular weight excluding hydrogens is 389 g/mol. The summed E-state index contributed by atoms with van der Waals surface area (Å²) < 4.78 is 32.0. The van der Waals surface area contributed by atoms with E-state index in [0.717, 1.165) is 16.8 Å². The van der Waals surface area contributed by atoms with Crippen molar-refractivity contribution < 1.29 is 18.4 Å². The summed E-state index contributed by atoms with van der Waals surface area (Å²) >= 11 is 0. The van der Waals surface area contributed by atoms with E-state index in [4.69, 9.17) is 14.0 Å². The summed E-state index contributed by atoms with van der Waals surface area (Å²) in [5, 5.41) is 12.5. The Morgan fingerprint density at radius 2 is 2.00 bits per heavy atom. The molecule has 2 aromatic carbocycles. The van der Waals surface area contributed by atoms with E-state index in [1.165, 1.54) is 12.1 Å². The van der Waals surface area contributed by atoms with Gasteiger partial charge in [-0.25, -0.2) is 9.07 Å². The molecule has 0 spiro atoms. The van der Waals surface area contributed by atoms with Crippen LogP contribution in [0.4, 0.5) is 4.39 Å². The maximum absolute atomic E-state index is 13.2. The second-order valence-electron chi connectivity index (χ2n) is 6.77. The first-order chi connectivity index (χ1) is 14.7. The quantitative estimate of drug-likeness (QED) is 0.497. The molecule has 0 amide bonds. The lowest BCUT2D eigenvalue weighted by Crippen LogP contribution is -2.22. The van der Waals surface area contributed by atoms with Gasteiger partial charge in [-0.3, -0.25) is 0 Å². The Kier molecular flexibility index (Phi) is 4.72. The molecule has 0 aliphatic carbocycles. The van der Waals surface area contributed by atoms with Gasteiger partial charge >= 0.3 is 0 Å². The molecular formula is C21H18FN5O3. The van der Waals surface area contributed by atoms with E-state index in [9.17, 15) is 4.39 Å². The van der Waals surface area contributed by atoms with Gasteiger partial charge in [0, 0.05) is 0 Å². The van der Waals surface area contributed by atoms with Crippen molar-refractivity contribution in [3.63, 3.8) is 0 Å². The fourth-order valence-electron chi connectivity index (χ4n) is 3.42. The van der Waals surface area contributed by atoms with Crippen LogP contribution in [0.5, 0.6) is 5.75 Å². The fraction of sp³-hybridized carbons (Fsp3) is 0.238. The zero-order valence-electron chi connectivity index (χ0n) is 16.2. The third-order valence-corrected chi connectivity index (χ3v) is 4.90. The topological polar surface area (TPSA) is 88.1 Å². The van der Waals surface area contributed by atoms with Gasteiger partial charge in [-0.2, -0.15) is 4.98 Å². The van der Waals surface area contributed by atoms with Crippen LogP contribution in [0.3, 0.4) is 0 Å². The number of para-hydroxylation sites is 1. The van der Waals surface area contributed by atoms with Gasteiger partial charge in [-0.15, -0.1) is 5.10 Å². The van der Waals surface area contributed by atoms with Crippen molar-refractivity contribution in [2.45, 2.75) is 26.2 Å². The van der Waals surface area contributed by atoms with Crippen molar-refractivity contribution in [3.8, 4) is 28.7 Å². The third kappa shape index (κ3) is 3.33. The van der Waals surface area contributed by atoms with Crippen LogP contribution in [0, 0.1) is 5.82 Å². The number of ether oxygens (including phenoxy) is 2. The molecule has 0 saturated heterocycles. The Balaban J connectivity index is 1.41. The van der Waals surface area contributed by atoms with Crippen LogP contribution >= 0.6 is 0 Å². The second kappa shape index (κ2) is 7.68. The van der Waals surface area contributed by atoms with Gasteiger partial charge in [-0.1, -0.05) is 34.6 Å². The highest BCUT2D eigenvalue weighted by molar-refractivity contribution is 5.65. The number of fused-ring (bicyclic) bond motifs is 1. The monoisotopic (exact) mass is 407 g/mol. The molecule has 152 valence electrons. The lowest BCUT2D eigenvalue weighted by atomic mass is 10.1. The third-order valence-electron chi connectivity index (χ3n) is 4.90. The Labute approximate surface area is 171 Å². The average Bonchev–Trinajstić information content (AvgIpc) is 3.41. The van der Waals surface area contributed by atoms with E-state index in [-0.39, 0.29) is 24.4 Å². The Morgan fingerprint density at radius 3 is 2.83 bits per heavy atom. The summed E-state index contributed by atoms with van der Waals surface area (Å²) in [5.74, 6) is 1.08. The lowest BCUT2D eigenvalue weighted by Gasteiger charge is -2.24. The highest BCUT2D eigenvalue weighted by atomic mass is 19.1. The van der Waals surface area contributed by atoms with Crippen molar-refractivity contribution in [2.24, 2.45) is 0 Å². The van der Waals surface area contributed by atoms with Crippen molar-refractivity contribution in [2.75, 3.05) is 6.61 Å². The molecule has 3 heterocycles. The zero-order valence-corrected chi connectivity index (χ0v) is 16.2. The molecule has 1 atom stereocenters. The minimum Gasteiger partial charge on any atom is -0.493 e. The van der Waals surface area contributed by atoms with Crippen molar-refractivity contribution in [1.82, 2.24) is 25.1 Å². The van der Waals surface area contributed by atoms with Gasteiger partial charge in [0.1, 0.15) is 17.7 Å². The van der Waals surface area contributed by atoms with Crippen molar-refractivity contribution in [3.05, 3.63) is 65.6 Å². The molecule has 0 fully saturated rings. The first-order valence-corrected chi connectivity index (χ1v) is 9.58. The average molecular weight is 407 g/mol. The van der Waals surface area contributed by atoms with Crippen LogP contribution in [-0.2, 0) is 17.9 Å². The first kappa shape index (κ1) is 18.4. The Morgan fingerprint density at radius 1 is 1.17 bits per heavy atom. The summed E-state index contributed by atoms with van der Waals surface area (Å²) in [6.07, 6.45) is -0.232. The molecule has 1 unspecified atom stereocenters. The second-order valence-corrected chi connectivity index (χ2v) is 6.77.